The molecule has 0 aliphatic carbocycles. The highest BCUT2D eigenvalue weighted by atomic mass is 127. The molecule has 1 aliphatic heterocycles. The summed E-state index contributed by atoms with van der Waals surface area (Å²) in [6.45, 7) is 13.6. The SMILES string of the molecule is CCc1cnc(CNC(=NC)NCCCN2CCN(C(=O)OC(C)(C)C)CC2)s1.I. The van der Waals surface area contributed by atoms with Crippen LogP contribution in [0.2, 0.25) is 0 Å². The van der Waals surface area contributed by atoms with Gasteiger partial charge >= 0.3 is 6.09 Å². The summed E-state index contributed by atoms with van der Waals surface area (Å²) in [5.74, 6) is 0.799. The molecule has 1 saturated heterocycles. The van der Waals surface area contributed by atoms with Gasteiger partial charge in [-0.3, -0.25) is 9.89 Å². The third-order valence-electron chi connectivity index (χ3n) is 4.55. The number of carbonyl (C=O) groups excluding carboxylic acids is 1. The molecule has 2 heterocycles. The Labute approximate surface area is 201 Å². The van der Waals surface area contributed by atoms with Gasteiger partial charge in [0.15, 0.2) is 5.96 Å². The summed E-state index contributed by atoms with van der Waals surface area (Å²) < 4.78 is 5.45. The van der Waals surface area contributed by atoms with Crippen molar-refractivity contribution in [2.75, 3.05) is 46.3 Å². The lowest BCUT2D eigenvalue weighted by Crippen LogP contribution is -2.50. The standard InChI is InChI=1S/C20H36N6O2S.HI/c1-6-16-14-23-17(29-16)15-24-18(21-5)22-8-7-9-25-10-12-26(13-11-25)19(27)28-20(2,3)4;/h14H,6-13,15H2,1-5H3,(H2,21,22,24);1H. The first kappa shape index (κ1) is 26.9. The molecule has 172 valence electrons. The summed E-state index contributed by atoms with van der Waals surface area (Å²) >= 11 is 1.74. The Balaban J connectivity index is 0.00000450. The van der Waals surface area contributed by atoms with Gasteiger partial charge in [-0.1, -0.05) is 6.92 Å². The van der Waals surface area contributed by atoms with Crippen molar-refractivity contribution < 1.29 is 9.53 Å². The Morgan fingerprint density at radius 2 is 1.97 bits per heavy atom. The first-order valence-corrected chi connectivity index (χ1v) is 11.2. The molecular weight excluding hydrogens is 515 g/mol. The van der Waals surface area contributed by atoms with Gasteiger partial charge in [-0.05, 0) is 40.2 Å². The van der Waals surface area contributed by atoms with Crippen LogP contribution in [0, 0.1) is 0 Å². The lowest BCUT2D eigenvalue weighted by molar-refractivity contribution is 0.0145. The molecular formula is C20H37IN6O2S. The minimum Gasteiger partial charge on any atom is -0.444 e. The monoisotopic (exact) mass is 552 g/mol. The van der Waals surface area contributed by atoms with Crippen LogP contribution in [0.25, 0.3) is 0 Å². The third kappa shape index (κ3) is 9.78. The number of hydrogen-bond acceptors (Lipinski definition) is 6. The van der Waals surface area contributed by atoms with E-state index in [4.69, 9.17) is 4.74 Å². The molecule has 1 aliphatic rings. The van der Waals surface area contributed by atoms with E-state index in [2.05, 4.69) is 32.4 Å². The second-order valence-electron chi connectivity index (χ2n) is 8.09. The van der Waals surface area contributed by atoms with Crippen LogP contribution in [0.5, 0.6) is 0 Å². The number of aliphatic imine (C=N–C) groups is 1. The average Bonchev–Trinajstić information content (AvgIpc) is 3.14. The van der Waals surface area contributed by atoms with E-state index < -0.39 is 5.60 Å². The van der Waals surface area contributed by atoms with Crippen molar-refractivity contribution in [3.63, 3.8) is 0 Å². The maximum Gasteiger partial charge on any atom is 0.410 e. The van der Waals surface area contributed by atoms with E-state index in [1.165, 1.54) is 4.88 Å². The predicted molar refractivity (Wildman–Crippen MR) is 134 cm³/mol. The molecule has 1 aromatic rings. The van der Waals surface area contributed by atoms with Crippen LogP contribution in [0.4, 0.5) is 4.79 Å². The van der Waals surface area contributed by atoms with Crippen molar-refractivity contribution >= 4 is 47.4 Å². The summed E-state index contributed by atoms with van der Waals surface area (Å²) in [5.41, 5.74) is -0.440. The smallest absolute Gasteiger partial charge is 0.410 e. The second kappa shape index (κ2) is 13.3. The van der Waals surface area contributed by atoms with E-state index in [0.29, 0.717) is 6.54 Å². The summed E-state index contributed by atoms with van der Waals surface area (Å²) in [6, 6.07) is 0. The topological polar surface area (TPSA) is 82.1 Å². The maximum absolute atomic E-state index is 12.1. The van der Waals surface area contributed by atoms with Crippen molar-refractivity contribution in [3.8, 4) is 0 Å². The molecule has 1 aromatic heterocycles. The number of nitrogens with zero attached hydrogens (tertiary/aromatic N) is 4. The van der Waals surface area contributed by atoms with E-state index in [0.717, 1.165) is 63.1 Å². The fourth-order valence-electron chi connectivity index (χ4n) is 2.96. The van der Waals surface area contributed by atoms with Gasteiger partial charge in [-0.25, -0.2) is 9.78 Å². The Bertz CT molecular complexity index is 668. The van der Waals surface area contributed by atoms with Gasteiger partial charge < -0.3 is 20.3 Å². The summed E-state index contributed by atoms with van der Waals surface area (Å²) in [6.07, 6.45) is 3.78. The Morgan fingerprint density at radius 3 is 2.53 bits per heavy atom. The molecule has 0 atom stereocenters. The highest BCUT2D eigenvalue weighted by molar-refractivity contribution is 14.0. The Kier molecular flexibility index (Phi) is 11.9. The number of thiazole rings is 1. The molecule has 0 aromatic carbocycles. The largest absolute Gasteiger partial charge is 0.444 e. The zero-order valence-corrected chi connectivity index (χ0v) is 22.0. The Hall–Kier alpha value is -1.14. The number of piperazine rings is 1. The number of aromatic nitrogens is 1. The van der Waals surface area contributed by atoms with Crippen molar-refractivity contribution in [1.29, 1.82) is 0 Å². The average molecular weight is 553 g/mol. The highest BCUT2D eigenvalue weighted by Gasteiger charge is 2.25. The van der Waals surface area contributed by atoms with Crippen molar-refractivity contribution in [2.24, 2.45) is 4.99 Å². The lowest BCUT2D eigenvalue weighted by Gasteiger charge is -2.35. The zero-order valence-electron chi connectivity index (χ0n) is 18.9. The van der Waals surface area contributed by atoms with Gasteiger partial charge in [0, 0.05) is 50.8 Å². The molecule has 1 amide bonds. The molecule has 2 N–H and O–H groups in total. The maximum atomic E-state index is 12.1. The second-order valence-corrected chi connectivity index (χ2v) is 9.29. The number of rotatable bonds is 7. The minimum atomic E-state index is -0.440. The van der Waals surface area contributed by atoms with Gasteiger partial charge in [0.2, 0.25) is 0 Å². The van der Waals surface area contributed by atoms with E-state index in [-0.39, 0.29) is 30.1 Å². The minimum absolute atomic E-state index is 0. The van der Waals surface area contributed by atoms with E-state index in [1.54, 1.807) is 23.3 Å². The van der Waals surface area contributed by atoms with Crippen LogP contribution >= 0.6 is 35.3 Å². The molecule has 0 radical (unpaired) electrons. The number of guanidine groups is 1. The molecule has 0 unspecified atom stereocenters. The summed E-state index contributed by atoms with van der Waals surface area (Å²) in [4.78, 5) is 26.3. The van der Waals surface area contributed by atoms with Crippen LogP contribution < -0.4 is 10.6 Å². The first-order chi connectivity index (χ1) is 13.8. The van der Waals surface area contributed by atoms with E-state index >= 15 is 0 Å². The van der Waals surface area contributed by atoms with Gasteiger partial charge in [0.05, 0.1) is 6.54 Å². The number of ether oxygens (including phenoxy) is 1. The normalized spacial score (nSPS) is 15.5. The fraction of sp³-hybridized carbons (Fsp3) is 0.750. The predicted octanol–water partition coefficient (Wildman–Crippen LogP) is 2.93. The first-order valence-electron chi connectivity index (χ1n) is 10.4. The van der Waals surface area contributed by atoms with Gasteiger partial charge in [0.25, 0.3) is 0 Å². The number of nitrogens with one attached hydrogen (secondary N) is 2. The molecule has 8 nitrogen and oxygen atoms in total. The van der Waals surface area contributed by atoms with Crippen molar-refractivity contribution in [1.82, 2.24) is 25.4 Å². The number of hydrogen-bond donors (Lipinski definition) is 2. The van der Waals surface area contributed by atoms with Crippen LogP contribution in [0.15, 0.2) is 11.2 Å². The molecule has 10 heteroatoms. The molecule has 0 spiro atoms. The number of carbonyl (C=O) groups is 1. The molecule has 0 saturated carbocycles. The molecule has 1 fully saturated rings. The van der Waals surface area contributed by atoms with Gasteiger partial charge in [0.1, 0.15) is 10.6 Å². The fourth-order valence-corrected chi connectivity index (χ4v) is 3.77. The van der Waals surface area contributed by atoms with Crippen LogP contribution in [-0.2, 0) is 17.7 Å². The number of aryl methyl sites for hydroxylation is 1. The van der Waals surface area contributed by atoms with Crippen LogP contribution in [0.3, 0.4) is 0 Å². The van der Waals surface area contributed by atoms with Gasteiger partial charge in [-0.15, -0.1) is 35.3 Å². The number of halogens is 1. The summed E-state index contributed by atoms with van der Waals surface area (Å²) in [5, 5.41) is 7.75. The quantitative estimate of drug-likeness (QED) is 0.234. The third-order valence-corrected chi connectivity index (χ3v) is 5.69. The molecule has 0 bridgehead atoms. The zero-order chi connectivity index (χ0) is 21.3. The van der Waals surface area contributed by atoms with E-state index in [1.807, 2.05) is 27.0 Å². The van der Waals surface area contributed by atoms with Crippen LogP contribution in [0.1, 0.15) is 44.0 Å². The molecule has 2 rings (SSSR count). The van der Waals surface area contributed by atoms with Crippen molar-refractivity contribution in [2.45, 2.75) is 52.7 Å². The molecule has 30 heavy (non-hydrogen) atoms. The van der Waals surface area contributed by atoms with E-state index in [9.17, 15) is 4.79 Å². The number of amides is 1. The van der Waals surface area contributed by atoms with Crippen molar-refractivity contribution in [3.05, 3.63) is 16.1 Å². The highest BCUT2D eigenvalue weighted by Crippen LogP contribution is 2.13. The Morgan fingerprint density at radius 1 is 1.27 bits per heavy atom. The summed E-state index contributed by atoms with van der Waals surface area (Å²) in [7, 11) is 1.78. The van der Waals surface area contributed by atoms with Gasteiger partial charge in [-0.2, -0.15) is 0 Å². The van der Waals surface area contributed by atoms with Crippen LogP contribution in [-0.4, -0.2) is 78.8 Å². The lowest BCUT2D eigenvalue weighted by atomic mass is 10.2.